The van der Waals surface area contributed by atoms with Gasteiger partial charge < -0.3 is 13.9 Å². The second-order valence-corrected chi connectivity index (χ2v) is 14.7. The van der Waals surface area contributed by atoms with Gasteiger partial charge in [-0.1, -0.05) is 110 Å². The number of allylic oxidation sites excluding steroid dienone is 2. The molecule has 3 heterocycles. The third kappa shape index (κ3) is 7.82. The van der Waals surface area contributed by atoms with Gasteiger partial charge >= 0.3 is 0 Å². The molecule has 6 rings (SSSR count). The molecule has 0 saturated heterocycles. The van der Waals surface area contributed by atoms with Gasteiger partial charge in [-0.3, -0.25) is 9.78 Å². The van der Waals surface area contributed by atoms with E-state index in [-0.39, 0.29) is 47.9 Å². The number of para-hydroxylation sites is 1. The predicted octanol–water partition coefficient (Wildman–Crippen LogP) is 12.8. The Morgan fingerprint density at radius 2 is 1.36 bits per heavy atom. The van der Waals surface area contributed by atoms with Crippen LogP contribution < -0.4 is 0 Å². The number of fused-ring (bicyclic) bond motifs is 3. The summed E-state index contributed by atoms with van der Waals surface area (Å²) in [5, 5.41) is 14.5. The Labute approximate surface area is 310 Å². The number of aromatic nitrogens is 1. The molecule has 1 radical (unpaired) electrons. The van der Waals surface area contributed by atoms with E-state index in [1.165, 1.54) is 17.0 Å². The fourth-order valence-corrected chi connectivity index (χ4v) is 6.06. The third-order valence-corrected chi connectivity index (χ3v) is 10.6. The van der Waals surface area contributed by atoms with Crippen molar-refractivity contribution in [2.24, 2.45) is 10.8 Å². The Balaban J connectivity index is 0.000000269. The molecule has 5 nitrogen and oxygen atoms in total. The summed E-state index contributed by atoms with van der Waals surface area (Å²) in [5.74, 6) is 1.70. The van der Waals surface area contributed by atoms with E-state index in [2.05, 4.69) is 57.2 Å². The van der Waals surface area contributed by atoms with Crippen molar-refractivity contribution in [1.29, 1.82) is 0 Å². The zero-order valence-corrected chi connectivity index (χ0v) is 33.3. The number of carbonyl (C=O) groups excluding carboxylic acids is 1. The number of aliphatic hydroxyl groups excluding tert-OH is 1. The van der Waals surface area contributed by atoms with E-state index in [4.69, 9.17) is 13.8 Å². The summed E-state index contributed by atoms with van der Waals surface area (Å²) in [6.07, 6.45) is 6.55. The van der Waals surface area contributed by atoms with Crippen LogP contribution in [0.25, 0.3) is 55.5 Å². The molecule has 265 valence electrons. The molecule has 0 amide bonds. The summed E-state index contributed by atoms with van der Waals surface area (Å²) in [5.41, 5.74) is 4.13. The number of aliphatic hydroxyl groups is 1. The first-order valence-corrected chi connectivity index (χ1v) is 17.6. The van der Waals surface area contributed by atoms with Gasteiger partial charge in [-0.15, -0.1) is 29.1 Å². The Bertz CT molecular complexity index is 2090. The van der Waals surface area contributed by atoms with Gasteiger partial charge in [-0.25, -0.2) is 0 Å². The minimum atomic E-state index is -0.337. The molecule has 0 saturated carbocycles. The maximum Gasteiger partial charge on any atom is 0.170 e. The number of rotatable bonds is 9. The maximum absolute atomic E-state index is 12.2. The smallest absolute Gasteiger partial charge is 0.170 e. The van der Waals surface area contributed by atoms with Crippen LogP contribution in [0.15, 0.2) is 99.7 Å². The standard InChI is InChI=1S/C29H22NO2.C15H28O2.Ir/c1-29(2,3)23-15-20(14-18-8-4-6-10-21(18)23)28-22-17-27(32-25(22)12-13-30-28)26-16-19-9-5-7-11-24(19)31-26;1-7-14(5,8-2)12(16)11-13(17)15(6,9-3)10-4;/h4-13,15-17H,1-3H3;11,16H,7-10H2,1-6H3;/q-1;;/b;12-11-;. The monoisotopic (exact) mass is 849 g/mol. The van der Waals surface area contributed by atoms with E-state index in [0.717, 1.165) is 64.3 Å². The van der Waals surface area contributed by atoms with Crippen LogP contribution >= 0.6 is 0 Å². The largest absolute Gasteiger partial charge is 0.512 e. The first-order chi connectivity index (χ1) is 23.3. The Morgan fingerprint density at radius 1 is 0.760 bits per heavy atom. The number of benzene rings is 3. The van der Waals surface area contributed by atoms with E-state index in [1.54, 1.807) is 6.20 Å². The molecule has 0 aliphatic carbocycles. The molecule has 3 aromatic heterocycles. The summed E-state index contributed by atoms with van der Waals surface area (Å²) in [4.78, 5) is 16.9. The summed E-state index contributed by atoms with van der Waals surface area (Å²) >= 11 is 0. The molecule has 6 heteroatoms. The average Bonchev–Trinajstić information content (AvgIpc) is 3.75. The van der Waals surface area contributed by atoms with Gasteiger partial charge in [0.25, 0.3) is 0 Å². The zero-order chi connectivity index (χ0) is 35.6. The van der Waals surface area contributed by atoms with Crippen molar-refractivity contribution in [3.63, 3.8) is 0 Å². The first kappa shape index (κ1) is 38.8. The molecule has 0 bridgehead atoms. The van der Waals surface area contributed by atoms with E-state index < -0.39 is 0 Å². The second-order valence-electron chi connectivity index (χ2n) is 14.7. The number of hydrogen-bond donors (Lipinski definition) is 1. The van der Waals surface area contributed by atoms with Gasteiger partial charge in [-0.2, -0.15) is 0 Å². The summed E-state index contributed by atoms with van der Waals surface area (Å²) in [6.45, 7) is 18.8. The number of nitrogens with zero attached hydrogens (tertiary/aromatic N) is 1. The van der Waals surface area contributed by atoms with Gasteiger partial charge in [0.05, 0.1) is 0 Å². The quantitative estimate of drug-likeness (QED) is 0.0891. The average molecular weight is 849 g/mol. The van der Waals surface area contributed by atoms with Crippen molar-refractivity contribution >= 4 is 38.5 Å². The molecule has 0 unspecified atom stereocenters. The van der Waals surface area contributed by atoms with Crippen molar-refractivity contribution in [1.82, 2.24) is 4.98 Å². The maximum atomic E-state index is 12.2. The molecule has 0 fully saturated rings. The van der Waals surface area contributed by atoms with E-state index >= 15 is 0 Å². The van der Waals surface area contributed by atoms with E-state index in [0.29, 0.717) is 11.5 Å². The fraction of sp³-hybridized carbons (Fsp3) is 0.364. The number of carbonyl (C=O) groups is 1. The van der Waals surface area contributed by atoms with Crippen molar-refractivity contribution in [3.05, 3.63) is 102 Å². The zero-order valence-electron chi connectivity index (χ0n) is 30.9. The van der Waals surface area contributed by atoms with Crippen LogP contribution in [0, 0.1) is 16.9 Å². The van der Waals surface area contributed by atoms with Gasteiger partial charge in [0.15, 0.2) is 17.3 Å². The van der Waals surface area contributed by atoms with Crippen LogP contribution in [0.1, 0.15) is 93.6 Å². The number of furan rings is 2. The van der Waals surface area contributed by atoms with Crippen LogP contribution in [-0.2, 0) is 30.3 Å². The van der Waals surface area contributed by atoms with Crippen LogP contribution in [0.2, 0.25) is 0 Å². The molecule has 0 spiro atoms. The number of ketones is 1. The van der Waals surface area contributed by atoms with Crippen LogP contribution in [0.3, 0.4) is 0 Å². The third-order valence-electron chi connectivity index (χ3n) is 10.6. The van der Waals surface area contributed by atoms with Crippen molar-refractivity contribution < 1.29 is 38.8 Å². The second kappa shape index (κ2) is 15.5. The molecule has 6 aromatic rings. The van der Waals surface area contributed by atoms with Gasteiger partial charge in [0.1, 0.15) is 16.9 Å². The van der Waals surface area contributed by atoms with Crippen molar-refractivity contribution in [3.8, 4) is 22.8 Å². The molecule has 0 atom stereocenters. The predicted molar refractivity (Wildman–Crippen MR) is 203 cm³/mol. The summed E-state index contributed by atoms with van der Waals surface area (Å²) in [6, 6.07) is 28.1. The van der Waals surface area contributed by atoms with Gasteiger partial charge in [0.2, 0.25) is 0 Å². The molecular formula is C44H50IrNO4-. The Morgan fingerprint density at radius 3 is 2.00 bits per heavy atom. The van der Waals surface area contributed by atoms with Crippen molar-refractivity contribution in [2.45, 2.75) is 93.4 Å². The molecular weight excluding hydrogens is 799 g/mol. The van der Waals surface area contributed by atoms with Crippen molar-refractivity contribution in [2.75, 3.05) is 0 Å². The molecule has 50 heavy (non-hydrogen) atoms. The number of pyridine rings is 1. The molecule has 3 aromatic carbocycles. The number of hydrogen-bond acceptors (Lipinski definition) is 5. The van der Waals surface area contributed by atoms with Crippen LogP contribution in [0.5, 0.6) is 0 Å². The summed E-state index contributed by atoms with van der Waals surface area (Å²) in [7, 11) is 0. The first-order valence-electron chi connectivity index (χ1n) is 17.6. The fourth-order valence-electron chi connectivity index (χ4n) is 6.06. The normalized spacial score (nSPS) is 12.5. The van der Waals surface area contributed by atoms with E-state index in [9.17, 15) is 9.90 Å². The van der Waals surface area contributed by atoms with E-state index in [1.807, 2.05) is 84.0 Å². The topological polar surface area (TPSA) is 76.5 Å². The SMILES string of the molecule is CC(C)(C)c1cc(-c2nccc3oc(-c4cc5ccccc5o4)cc23)[c-]c2ccccc12.CCC(C)(CC)C(=O)/C=C(\O)C(C)(CC)CC.[Ir]. The van der Waals surface area contributed by atoms with Crippen LogP contribution in [-0.4, -0.2) is 15.9 Å². The minimum Gasteiger partial charge on any atom is -0.512 e. The van der Waals surface area contributed by atoms with Gasteiger partial charge in [0, 0.05) is 59.7 Å². The molecule has 1 N–H and O–H groups in total. The van der Waals surface area contributed by atoms with Gasteiger partial charge in [-0.05, 0) is 55.4 Å². The molecule has 0 aliphatic rings. The van der Waals surface area contributed by atoms with Crippen LogP contribution in [0.4, 0.5) is 0 Å². The summed E-state index contributed by atoms with van der Waals surface area (Å²) < 4.78 is 12.2. The Kier molecular flexibility index (Phi) is 12.0. The molecule has 0 aliphatic heterocycles. The Hall–Kier alpha value is -3.99. The minimum absolute atomic E-state index is 0.